The highest BCUT2D eigenvalue weighted by molar-refractivity contribution is 6.30. The molecule has 1 aliphatic rings. The predicted molar refractivity (Wildman–Crippen MR) is 112 cm³/mol. The highest BCUT2D eigenvalue weighted by Crippen LogP contribution is 2.31. The molecule has 3 nitrogen and oxygen atoms in total. The highest BCUT2D eigenvalue weighted by Gasteiger charge is 2.28. The number of rotatable bonds is 6. The third-order valence-electron chi connectivity index (χ3n) is 5.08. The summed E-state index contributed by atoms with van der Waals surface area (Å²) in [6.45, 7) is 7.93. The zero-order chi connectivity index (χ0) is 17.6. The van der Waals surface area contributed by atoms with Gasteiger partial charge < -0.3 is 5.32 Å². The summed E-state index contributed by atoms with van der Waals surface area (Å²) in [5.74, 6) is 0.738. The molecule has 3 rings (SSSR count). The molecule has 1 fully saturated rings. The lowest BCUT2D eigenvalue weighted by Gasteiger charge is -2.38. The molecule has 0 amide bonds. The zero-order valence-corrected chi connectivity index (χ0v) is 17.1. The van der Waals surface area contributed by atoms with E-state index in [0.29, 0.717) is 6.04 Å². The molecule has 1 N–H and O–H groups in total. The van der Waals surface area contributed by atoms with E-state index in [4.69, 9.17) is 11.6 Å². The van der Waals surface area contributed by atoms with Crippen molar-refractivity contribution < 1.29 is 0 Å². The molecule has 0 saturated carbocycles. The van der Waals surface area contributed by atoms with E-state index < -0.39 is 0 Å². The third kappa shape index (κ3) is 5.43. The fraction of sp³-hybridized carbons (Fsp3) is 0.476. The maximum absolute atomic E-state index is 6.12. The van der Waals surface area contributed by atoms with Crippen molar-refractivity contribution in [1.82, 2.24) is 15.2 Å². The summed E-state index contributed by atoms with van der Waals surface area (Å²) in [6, 6.07) is 15.0. The summed E-state index contributed by atoms with van der Waals surface area (Å²) < 4.78 is 0. The molecule has 0 bridgehead atoms. The minimum Gasteiger partial charge on any atom is -0.317 e. The van der Waals surface area contributed by atoms with Crippen molar-refractivity contribution in [2.75, 3.05) is 19.6 Å². The Morgan fingerprint density at radius 1 is 1.12 bits per heavy atom. The Labute approximate surface area is 168 Å². The zero-order valence-electron chi connectivity index (χ0n) is 15.6. The van der Waals surface area contributed by atoms with Crippen molar-refractivity contribution in [3.8, 4) is 0 Å². The van der Waals surface area contributed by atoms with Crippen LogP contribution in [0.3, 0.4) is 0 Å². The van der Waals surface area contributed by atoms with Crippen LogP contribution in [0.25, 0.3) is 0 Å². The molecule has 2 heterocycles. The van der Waals surface area contributed by atoms with Crippen LogP contribution in [0.4, 0.5) is 0 Å². The summed E-state index contributed by atoms with van der Waals surface area (Å²) in [4.78, 5) is 7.29. The normalized spacial score (nSPS) is 16.5. The van der Waals surface area contributed by atoms with Gasteiger partial charge in [0.25, 0.3) is 0 Å². The number of nitrogens with zero attached hydrogens (tertiary/aromatic N) is 2. The van der Waals surface area contributed by atoms with Gasteiger partial charge in [0.1, 0.15) is 0 Å². The van der Waals surface area contributed by atoms with E-state index in [1.54, 1.807) is 0 Å². The van der Waals surface area contributed by atoms with Crippen LogP contribution in [0.15, 0.2) is 48.7 Å². The van der Waals surface area contributed by atoms with E-state index >= 15 is 0 Å². The van der Waals surface area contributed by atoms with Gasteiger partial charge in [-0.05, 0) is 75.5 Å². The highest BCUT2D eigenvalue weighted by atomic mass is 35.5. The van der Waals surface area contributed by atoms with Crippen LogP contribution in [-0.4, -0.2) is 35.6 Å². The van der Waals surface area contributed by atoms with Crippen LogP contribution in [0.5, 0.6) is 0 Å². The number of hydrogen-bond donors (Lipinski definition) is 1. The van der Waals surface area contributed by atoms with Crippen molar-refractivity contribution in [3.05, 3.63) is 64.9 Å². The van der Waals surface area contributed by atoms with E-state index in [1.165, 1.54) is 18.4 Å². The van der Waals surface area contributed by atoms with Gasteiger partial charge in [0.05, 0.1) is 11.7 Å². The topological polar surface area (TPSA) is 28.2 Å². The lowest BCUT2D eigenvalue weighted by Crippen LogP contribution is -2.42. The van der Waals surface area contributed by atoms with Gasteiger partial charge in [0.15, 0.2) is 0 Å². The summed E-state index contributed by atoms with van der Waals surface area (Å²) in [7, 11) is 0. The molecule has 1 aromatic heterocycles. The van der Waals surface area contributed by atoms with Crippen LogP contribution in [0.1, 0.15) is 44.0 Å². The fourth-order valence-electron chi connectivity index (χ4n) is 3.69. The van der Waals surface area contributed by atoms with Crippen LogP contribution in [0.2, 0.25) is 5.02 Å². The fourth-order valence-corrected chi connectivity index (χ4v) is 3.82. The molecule has 1 unspecified atom stereocenters. The Balaban J connectivity index is 0.00000243. The summed E-state index contributed by atoms with van der Waals surface area (Å²) >= 11 is 6.12. The molecule has 26 heavy (non-hydrogen) atoms. The van der Waals surface area contributed by atoms with Crippen LogP contribution in [-0.2, 0) is 0 Å². The van der Waals surface area contributed by atoms with Crippen molar-refractivity contribution >= 4 is 24.0 Å². The Hall–Kier alpha value is -1.13. The van der Waals surface area contributed by atoms with Gasteiger partial charge in [-0.1, -0.05) is 29.8 Å². The van der Waals surface area contributed by atoms with E-state index in [1.807, 2.05) is 24.4 Å². The minimum absolute atomic E-state index is 0. The molecule has 0 aliphatic carbocycles. The van der Waals surface area contributed by atoms with E-state index in [-0.39, 0.29) is 18.4 Å². The smallest absolute Gasteiger partial charge is 0.0778 e. The monoisotopic (exact) mass is 393 g/mol. The molecular formula is C21H29Cl2N3. The van der Waals surface area contributed by atoms with Crippen LogP contribution in [0, 0.1) is 5.92 Å². The Kier molecular flexibility index (Phi) is 8.36. The maximum atomic E-state index is 6.12. The summed E-state index contributed by atoms with van der Waals surface area (Å²) in [6.07, 6.45) is 4.39. The first-order valence-corrected chi connectivity index (χ1v) is 9.66. The lowest BCUT2D eigenvalue weighted by molar-refractivity contribution is 0.133. The molecule has 0 spiro atoms. The average Bonchev–Trinajstić information content (AvgIpc) is 2.64. The number of benzene rings is 1. The van der Waals surface area contributed by atoms with E-state index in [2.05, 4.69) is 53.3 Å². The number of aromatic nitrogens is 1. The van der Waals surface area contributed by atoms with E-state index in [0.717, 1.165) is 36.3 Å². The van der Waals surface area contributed by atoms with Gasteiger partial charge >= 0.3 is 0 Å². The van der Waals surface area contributed by atoms with Gasteiger partial charge in [-0.25, -0.2) is 0 Å². The lowest BCUT2D eigenvalue weighted by atomic mass is 9.93. The van der Waals surface area contributed by atoms with Gasteiger partial charge in [0, 0.05) is 23.8 Å². The van der Waals surface area contributed by atoms with Crippen LogP contribution >= 0.6 is 24.0 Å². The third-order valence-corrected chi connectivity index (χ3v) is 5.33. The number of piperidine rings is 1. The molecule has 1 atom stereocenters. The van der Waals surface area contributed by atoms with Crippen molar-refractivity contribution in [2.24, 2.45) is 5.92 Å². The van der Waals surface area contributed by atoms with Gasteiger partial charge in [-0.3, -0.25) is 9.88 Å². The molecule has 2 aromatic rings. The summed E-state index contributed by atoms with van der Waals surface area (Å²) in [5, 5.41) is 4.25. The Morgan fingerprint density at radius 3 is 2.38 bits per heavy atom. The number of nitrogens with one attached hydrogen (secondary N) is 1. The predicted octanol–water partition coefficient (Wildman–Crippen LogP) is 4.96. The van der Waals surface area contributed by atoms with Crippen molar-refractivity contribution in [1.29, 1.82) is 0 Å². The molecule has 0 radical (unpaired) electrons. The standard InChI is InChI=1S/C21H28ClN3.ClH/c1-16(2)25(15-17-10-13-23-14-11-17)21(20-5-3-4-12-24-20)18-6-8-19(22)9-7-18;/h3-9,12,16-17,21,23H,10-11,13-15H2,1-2H3;1H. The molecule has 1 saturated heterocycles. The molecule has 1 aliphatic heterocycles. The average molecular weight is 394 g/mol. The SMILES string of the molecule is CC(C)N(CC1CCNCC1)C(c1ccc(Cl)cc1)c1ccccn1.Cl. The number of halogens is 2. The second-order valence-electron chi connectivity index (χ2n) is 7.19. The first-order chi connectivity index (χ1) is 12.1. The van der Waals surface area contributed by atoms with Gasteiger partial charge in [-0.15, -0.1) is 12.4 Å². The van der Waals surface area contributed by atoms with Gasteiger partial charge in [0.2, 0.25) is 0 Å². The quantitative estimate of drug-likeness (QED) is 0.751. The largest absolute Gasteiger partial charge is 0.317 e. The van der Waals surface area contributed by atoms with Crippen molar-refractivity contribution in [2.45, 2.75) is 38.8 Å². The Morgan fingerprint density at radius 2 is 1.81 bits per heavy atom. The van der Waals surface area contributed by atoms with E-state index in [9.17, 15) is 0 Å². The van der Waals surface area contributed by atoms with Crippen molar-refractivity contribution in [3.63, 3.8) is 0 Å². The molecule has 5 heteroatoms. The van der Waals surface area contributed by atoms with Gasteiger partial charge in [-0.2, -0.15) is 0 Å². The van der Waals surface area contributed by atoms with Crippen LogP contribution < -0.4 is 5.32 Å². The molecular weight excluding hydrogens is 365 g/mol. The first kappa shape index (κ1) is 21.2. The first-order valence-electron chi connectivity index (χ1n) is 9.28. The second-order valence-corrected chi connectivity index (χ2v) is 7.63. The second kappa shape index (κ2) is 10.3. The maximum Gasteiger partial charge on any atom is 0.0778 e. The molecule has 1 aromatic carbocycles. The molecule has 142 valence electrons. The number of hydrogen-bond acceptors (Lipinski definition) is 3. The summed E-state index contributed by atoms with van der Waals surface area (Å²) in [5.41, 5.74) is 2.36. The Bertz CT molecular complexity index is 640. The number of pyridine rings is 1. The minimum atomic E-state index is 0.